The number of hydrogen-bond acceptors (Lipinski definition) is 5. The molecule has 0 N–H and O–H groups in total. The fraction of sp³-hybridized carbons (Fsp3) is 0.350. The van der Waals surface area contributed by atoms with E-state index in [1.165, 1.54) is 0 Å². The second-order valence-corrected chi connectivity index (χ2v) is 6.71. The molecule has 142 valence electrons. The van der Waals surface area contributed by atoms with Gasteiger partial charge in [0, 0.05) is 31.9 Å². The lowest BCUT2D eigenvalue weighted by atomic mass is 10.1. The van der Waals surface area contributed by atoms with E-state index >= 15 is 0 Å². The van der Waals surface area contributed by atoms with Crippen molar-refractivity contribution < 1.29 is 14.1 Å². The normalized spacial score (nSPS) is 10.9. The highest BCUT2D eigenvalue weighted by Gasteiger charge is 2.24. The van der Waals surface area contributed by atoms with E-state index in [1.807, 2.05) is 45.2 Å². The number of carbonyl (C=O) groups excluding carboxylic acids is 1. The third-order valence-electron chi connectivity index (χ3n) is 4.68. The largest absolute Gasteiger partial charge is 0.489 e. The molecule has 7 nitrogen and oxygen atoms in total. The molecule has 3 aromatic rings. The highest BCUT2D eigenvalue weighted by molar-refractivity contribution is 5.93. The molecule has 2 heterocycles. The average Bonchev–Trinajstić information content (AvgIpc) is 3.17. The smallest absolute Gasteiger partial charge is 0.276 e. The molecule has 3 rings (SSSR count). The summed E-state index contributed by atoms with van der Waals surface area (Å²) in [5, 5.41) is 8.18. The number of amides is 1. The molecular weight excluding hydrogens is 344 g/mol. The lowest BCUT2D eigenvalue weighted by Gasteiger charge is -2.16. The molecule has 0 aliphatic heterocycles. The number of carbonyl (C=O) groups is 1. The van der Waals surface area contributed by atoms with Crippen LogP contribution in [0.2, 0.25) is 0 Å². The van der Waals surface area contributed by atoms with Crippen molar-refractivity contribution in [3.63, 3.8) is 0 Å². The van der Waals surface area contributed by atoms with Gasteiger partial charge in [-0.3, -0.25) is 9.48 Å². The van der Waals surface area contributed by atoms with Crippen LogP contribution in [0.25, 0.3) is 0 Å². The molecule has 0 radical (unpaired) electrons. The predicted octanol–water partition coefficient (Wildman–Crippen LogP) is 3.18. The Bertz CT molecular complexity index is 941. The Morgan fingerprint density at radius 3 is 2.56 bits per heavy atom. The zero-order valence-electron chi connectivity index (χ0n) is 16.3. The number of nitrogens with zero attached hydrogens (tertiary/aromatic N) is 4. The van der Waals surface area contributed by atoms with Crippen molar-refractivity contribution in [2.45, 2.75) is 33.9 Å². The van der Waals surface area contributed by atoms with Gasteiger partial charge in [0.05, 0.1) is 11.8 Å². The van der Waals surface area contributed by atoms with Crippen molar-refractivity contribution in [1.82, 2.24) is 19.8 Å². The quantitative estimate of drug-likeness (QED) is 0.668. The maximum Gasteiger partial charge on any atom is 0.276 e. The molecule has 0 aliphatic carbocycles. The van der Waals surface area contributed by atoms with Gasteiger partial charge < -0.3 is 14.2 Å². The van der Waals surface area contributed by atoms with Crippen LogP contribution in [0.3, 0.4) is 0 Å². The first-order valence-electron chi connectivity index (χ1n) is 8.74. The van der Waals surface area contributed by atoms with E-state index in [9.17, 15) is 4.79 Å². The molecule has 0 aliphatic rings. The Hall–Kier alpha value is -3.09. The van der Waals surface area contributed by atoms with E-state index in [4.69, 9.17) is 9.26 Å². The van der Waals surface area contributed by atoms with E-state index in [2.05, 4.69) is 10.3 Å². The Balaban J connectivity index is 1.73. The topological polar surface area (TPSA) is 73.4 Å². The molecule has 1 amide bonds. The Morgan fingerprint density at radius 2 is 1.93 bits per heavy atom. The summed E-state index contributed by atoms with van der Waals surface area (Å²) >= 11 is 0. The van der Waals surface area contributed by atoms with Crippen molar-refractivity contribution in [2.75, 3.05) is 7.05 Å². The molecule has 0 unspecified atom stereocenters. The van der Waals surface area contributed by atoms with Crippen LogP contribution in [0.15, 0.2) is 35.0 Å². The number of ether oxygens (including phenoxy) is 1. The first-order chi connectivity index (χ1) is 12.9. The second kappa shape index (κ2) is 7.65. The van der Waals surface area contributed by atoms with E-state index in [0.717, 1.165) is 22.6 Å². The van der Waals surface area contributed by atoms with Gasteiger partial charge in [0.1, 0.15) is 18.1 Å². The van der Waals surface area contributed by atoms with Crippen molar-refractivity contribution in [3.8, 4) is 5.75 Å². The molecule has 7 heteroatoms. The standard InChI is InChI=1S/C20H24N4O3/c1-13-6-8-17(9-7-13)26-12-18-15(3)27-22-19(18)20(25)23(4)11-16-10-21-24(5)14(16)2/h6-10H,11-12H2,1-5H3. The molecule has 27 heavy (non-hydrogen) atoms. The molecule has 1 aromatic carbocycles. The second-order valence-electron chi connectivity index (χ2n) is 6.71. The van der Waals surface area contributed by atoms with Crippen molar-refractivity contribution in [1.29, 1.82) is 0 Å². The monoisotopic (exact) mass is 368 g/mol. The minimum atomic E-state index is -0.211. The van der Waals surface area contributed by atoms with Crippen molar-refractivity contribution >= 4 is 5.91 Å². The summed E-state index contributed by atoms with van der Waals surface area (Å²) in [6.07, 6.45) is 1.77. The Labute approximate surface area is 158 Å². The zero-order valence-corrected chi connectivity index (χ0v) is 16.3. The fourth-order valence-electron chi connectivity index (χ4n) is 2.73. The van der Waals surface area contributed by atoms with E-state index < -0.39 is 0 Å². The van der Waals surface area contributed by atoms with Gasteiger partial charge in [0.25, 0.3) is 5.91 Å². The van der Waals surface area contributed by atoms with Gasteiger partial charge in [-0.1, -0.05) is 22.9 Å². The van der Waals surface area contributed by atoms with E-state index in [0.29, 0.717) is 17.9 Å². The first-order valence-corrected chi connectivity index (χ1v) is 8.74. The van der Waals surface area contributed by atoms with Gasteiger partial charge in [-0.25, -0.2) is 0 Å². The van der Waals surface area contributed by atoms with Gasteiger partial charge >= 0.3 is 0 Å². The van der Waals surface area contributed by atoms with E-state index in [1.54, 1.807) is 29.7 Å². The predicted molar refractivity (Wildman–Crippen MR) is 100 cm³/mol. The first kappa shape index (κ1) is 18.7. The van der Waals surface area contributed by atoms with Gasteiger partial charge in [0.15, 0.2) is 5.69 Å². The molecule has 0 fully saturated rings. The lowest BCUT2D eigenvalue weighted by Crippen LogP contribution is -2.27. The number of hydrogen-bond donors (Lipinski definition) is 0. The van der Waals surface area contributed by atoms with Gasteiger partial charge in [-0.05, 0) is 32.9 Å². The minimum absolute atomic E-state index is 0.211. The summed E-state index contributed by atoms with van der Waals surface area (Å²) in [4.78, 5) is 14.5. The third-order valence-corrected chi connectivity index (χ3v) is 4.68. The number of aryl methyl sites for hydroxylation is 3. The SMILES string of the molecule is Cc1ccc(OCc2c(C(=O)N(C)Cc3cnn(C)c3C)noc2C)cc1. The summed E-state index contributed by atoms with van der Waals surface area (Å²) in [7, 11) is 3.62. The van der Waals surface area contributed by atoms with Crippen LogP contribution in [-0.4, -0.2) is 32.8 Å². The van der Waals surface area contributed by atoms with Crippen LogP contribution in [-0.2, 0) is 20.2 Å². The number of benzene rings is 1. The fourth-order valence-corrected chi connectivity index (χ4v) is 2.73. The van der Waals surface area contributed by atoms with Crippen LogP contribution in [0.4, 0.5) is 0 Å². The van der Waals surface area contributed by atoms with Crippen LogP contribution in [0.1, 0.15) is 38.6 Å². The van der Waals surface area contributed by atoms with Gasteiger partial charge in [-0.15, -0.1) is 0 Å². The summed E-state index contributed by atoms with van der Waals surface area (Å²) < 4.78 is 12.9. The summed E-state index contributed by atoms with van der Waals surface area (Å²) in [6, 6.07) is 7.76. The molecule has 2 aromatic heterocycles. The maximum atomic E-state index is 12.9. The van der Waals surface area contributed by atoms with Crippen LogP contribution in [0.5, 0.6) is 5.75 Å². The summed E-state index contributed by atoms with van der Waals surface area (Å²) in [5.41, 5.74) is 4.12. The van der Waals surface area contributed by atoms with Crippen molar-refractivity contribution in [3.05, 3.63) is 64.3 Å². The summed E-state index contributed by atoms with van der Waals surface area (Å²) in [6.45, 7) is 6.44. The molecule has 0 spiro atoms. The highest BCUT2D eigenvalue weighted by atomic mass is 16.5. The Morgan fingerprint density at radius 1 is 1.22 bits per heavy atom. The third kappa shape index (κ3) is 4.02. The number of rotatable bonds is 6. The molecule has 0 saturated heterocycles. The molecule has 0 atom stereocenters. The van der Waals surface area contributed by atoms with Crippen molar-refractivity contribution in [2.24, 2.45) is 7.05 Å². The zero-order chi connectivity index (χ0) is 19.6. The van der Waals surface area contributed by atoms with Crippen LogP contribution in [0, 0.1) is 20.8 Å². The minimum Gasteiger partial charge on any atom is -0.489 e. The van der Waals surface area contributed by atoms with Crippen LogP contribution >= 0.6 is 0 Å². The lowest BCUT2D eigenvalue weighted by molar-refractivity contribution is 0.0772. The summed E-state index contributed by atoms with van der Waals surface area (Å²) in [5.74, 6) is 1.10. The molecule has 0 bridgehead atoms. The molecule has 0 saturated carbocycles. The van der Waals surface area contributed by atoms with Crippen LogP contribution < -0.4 is 4.74 Å². The van der Waals surface area contributed by atoms with E-state index in [-0.39, 0.29) is 18.2 Å². The van der Waals surface area contributed by atoms with Gasteiger partial charge in [-0.2, -0.15) is 5.10 Å². The average molecular weight is 368 g/mol. The number of aromatic nitrogens is 3. The maximum absolute atomic E-state index is 12.9. The molecular formula is C20H24N4O3. The van der Waals surface area contributed by atoms with Gasteiger partial charge in [0.2, 0.25) is 0 Å². The highest BCUT2D eigenvalue weighted by Crippen LogP contribution is 2.20. The Kier molecular flexibility index (Phi) is 5.30.